The molecule has 0 bridgehead atoms. The zero-order chi connectivity index (χ0) is 13.1. The first-order chi connectivity index (χ1) is 8.56. The number of aromatic nitrogens is 1. The second-order valence-electron chi connectivity index (χ2n) is 4.68. The highest BCUT2D eigenvalue weighted by atomic mass is 35.5. The van der Waals surface area contributed by atoms with E-state index in [4.69, 9.17) is 11.6 Å². The Balaban J connectivity index is 2.06. The van der Waals surface area contributed by atoms with Crippen LogP contribution in [0.15, 0.2) is 30.5 Å². The van der Waals surface area contributed by atoms with Gasteiger partial charge in [-0.3, -0.25) is 4.79 Å². The van der Waals surface area contributed by atoms with Crippen LogP contribution in [0.4, 0.5) is 0 Å². The molecule has 0 fully saturated rings. The van der Waals surface area contributed by atoms with Gasteiger partial charge in [-0.25, -0.2) is 0 Å². The number of carbonyl (C=O) groups is 1. The molecule has 1 aromatic carbocycles. The number of amides is 1. The summed E-state index contributed by atoms with van der Waals surface area (Å²) in [7, 11) is 0. The molecule has 2 rings (SSSR count). The lowest BCUT2D eigenvalue weighted by Gasteiger charge is -2.09. The van der Waals surface area contributed by atoms with Gasteiger partial charge >= 0.3 is 0 Å². The van der Waals surface area contributed by atoms with Gasteiger partial charge in [0.05, 0.1) is 0 Å². The number of fused-ring (bicyclic) bond motifs is 1. The molecule has 0 saturated carbocycles. The van der Waals surface area contributed by atoms with Gasteiger partial charge in [0.25, 0.3) is 0 Å². The average molecular weight is 265 g/mol. The third-order valence-corrected chi connectivity index (χ3v) is 3.00. The van der Waals surface area contributed by atoms with E-state index in [-0.39, 0.29) is 11.9 Å². The van der Waals surface area contributed by atoms with Gasteiger partial charge in [-0.05, 0) is 38.1 Å². The van der Waals surface area contributed by atoms with Crippen molar-refractivity contribution in [3.63, 3.8) is 0 Å². The number of halogens is 1. The van der Waals surface area contributed by atoms with E-state index in [0.29, 0.717) is 13.0 Å². The van der Waals surface area contributed by atoms with Gasteiger partial charge in [-0.2, -0.15) is 0 Å². The summed E-state index contributed by atoms with van der Waals surface area (Å²) >= 11 is 5.94. The van der Waals surface area contributed by atoms with Crippen LogP contribution in [0.25, 0.3) is 10.9 Å². The number of carbonyl (C=O) groups excluding carboxylic acids is 1. The molecule has 0 aliphatic rings. The van der Waals surface area contributed by atoms with Gasteiger partial charge in [0.15, 0.2) is 0 Å². The maximum absolute atomic E-state index is 11.6. The van der Waals surface area contributed by atoms with Gasteiger partial charge < -0.3 is 9.88 Å². The zero-order valence-electron chi connectivity index (χ0n) is 10.6. The molecule has 1 N–H and O–H groups in total. The topological polar surface area (TPSA) is 34.0 Å². The molecule has 0 atom stereocenters. The Morgan fingerprint density at radius 3 is 2.89 bits per heavy atom. The number of hydrogen-bond donors (Lipinski definition) is 1. The molecule has 96 valence electrons. The van der Waals surface area contributed by atoms with E-state index < -0.39 is 0 Å². The lowest BCUT2D eigenvalue weighted by Crippen LogP contribution is -2.30. The molecule has 4 heteroatoms. The van der Waals surface area contributed by atoms with Crippen molar-refractivity contribution in [1.29, 1.82) is 0 Å². The highest BCUT2D eigenvalue weighted by Crippen LogP contribution is 2.20. The molecule has 1 aromatic heterocycles. The first kappa shape index (κ1) is 13.0. The van der Waals surface area contributed by atoms with Crippen LogP contribution in [0.5, 0.6) is 0 Å². The fraction of sp³-hybridized carbons (Fsp3) is 0.357. The van der Waals surface area contributed by atoms with Gasteiger partial charge in [-0.1, -0.05) is 11.6 Å². The molecule has 0 spiro atoms. The highest BCUT2D eigenvalue weighted by molar-refractivity contribution is 6.31. The molecule has 3 nitrogen and oxygen atoms in total. The summed E-state index contributed by atoms with van der Waals surface area (Å²) in [6, 6.07) is 7.99. The molecule has 0 saturated heterocycles. The summed E-state index contributed by atoms with van der Waals surface area (Å²) in [5, 5.41) is 4.73. The van der Waals surface area contributed by atoms with Gasteiger partial charge in [0.1, 0.15) is 0 Å². The van der Waals surface area contributed by atoms with Gasteiger partial charge in [0.2, 0.25) is 5.91 Å². The van der Waals surface area contributed by atoms with Crippen molar-refractivity contribution < 1.29 is 4.79 Å². The molecule has 2 aromatic rings. The molecule has 1 heterocycles. The monoisotopic (exact) mass is 264 g/mol. The predicted molar refractivity (Wildman–Crippen MR) is 74.8 cm³/mol. The standard InChI is InChI=1S/C14H17ClN2O/c1-10(2)16-14(18)6-8-17-7-5-11-9-12(15)3-4-13(11)17/h3-5,7,9-10H,6,8H2,1-2H3,(H,16,18). The lowest BCUT2D eigenvalue weighted by atomic mass is 10.2. The van der Waals surface area contributed by atoms with Crippen LogP contribution in [0.2, 0.25) is 5.02 Å². The number of nitrogens with one attached hydrogen (secondary N) is 1. The SMILES string of the molecule is CC(C)NC(=O)CCn1ccc2cc(Cl)ccc21. The third kappa shape index (κ3) is 3.05. The highest BCUT2D eigenvalue weighted by Gasteiger charge is 2.06. The van der Waals surface area contributed by atoms with E-state index in [1.807, 2.05) is 44.3 Å². The van der Waals surface area contributed by atoms with Crippen molar-refractivity contribution in [2.75, 3.05) is 0 Å². The molecule has 0 aliphatic heterocycles. The van der Waals surface area contributed by atoms with Crippen LogP contribution in [-0.4, -0.2) is 16.5 Å². The van der Waals surface area contributed by atoms with Crippen molar-refractivity contribution in [3.8, 4) is 0 Å². The Hall–Kier alpha value is -1.48. The lowest BCUT2D eigenvalue weighted by molar-refractivity contribution is -0.121. The van der Waals surface area contributed by atoms with Crippen molar-refractivity contribution in [1.82, 2.24) is 9.88 Å². The Morgan fingerprint density at radius 2 is 2.17 bits per heavy atom. The molecule has 1 amide bonds. The molecule has 0 unspecified atom stereocenters. The van der Waals surface area contributed by atoms with Crippen molar-refractivity contribution in [2.24, 2.45) is 0 Å². The normalized spacial score (nSPS) is 11.1. The molecule has 0 aliphatic carbocycles. The van der Waals surface area contributed by atoms with Crippen LogP contribution < -0.4 is 5.32 Å². The molecule has 18 heavy (non-hydrogen) atoms. The first-order valence-electron chi connectivity index (χ1n) is 6.10. The van der Waals surface area contributed by atoms with E-state index in [9.17, 15) is 4.79 Å². The molecular weight excluding hydrogens is 248 g/mol. The Kier molecular flexibility index (Phi) is 3.92. The van der Waals surface area contributed by atoms with Gasteiger partial charge in [0, 0.05) is 41.1 Å². The van der Waals surface area contributed by atoms with Crippen LogP contribution in [0.1, 0.15) is 20.3 Å². The maximum atomic E-state index is 11.6. The van der Waals surface area contributed by atoms with Crippen LogP contribution >= 0.6 is 11.6 Å². The van der Waals surface area contributed by atoms with E-state index in [0.717, 1.165) is 15.9 Å². The smallest absolute Gasteiger partial charge is 0.221 e. The number of benzene rings is 1. The molecule has 0 radical (unpaired) electrons. The van der Waals surface area contributed by atoms with Crippen molar-refractivity contribution in [3.05, 3.63) is 35.5 Å². The minimum atomic E-state index is 0.0841. The van der Waals surface area contributed by atoms with Crippen LogP contribution in [0.3, 0.4) is 0 Å². The summed E-state index contributed by atoms with van der Waals surface area (Å²) in [6.07, 6.45) is 2.48. The minimum absolute atomic E-state index is 0.0841. The van der Waals surface area contributed by atoms with Crippen molar-refractivity contribution >= 4 is 28.4 Å². The summed E-state index contributed by atoms with van der Waals surface area (Å²) in [6.45, 7) is 4.61. The first-order valence-corrected chi connectivity index (χ1v) is 6.48. The van der Waals surface area contributed by atoms with E-state index in [2.05, 4.69) is 9.88 Å². The fourth-order valence-electron chi connectivity index (χ4n) is 1.98. The third-order valence-electron chi connectivity index (χ3n) is 2.76. The Morgan fingerprint density at radius 1 is 1.39 bits per heavy atom. The Bertz CT molecular complexity index is 560. The summed E-state index contributed by atoms with van der Waals surface area (Å²) in [4.78, 5) is 11.6. The number of rotatable bonds is 4. The fourth-order valence-corrected chi connectivity index (χ4v) is 2.16. The van der Waals surface area contributed by atoms with Gasteiger partial charge in [-0.15, -0.1) is 0 Å². The second kappa shape index (κ2) is 5.44. The van der Waals surface area contributed by atoms with Crippen LogP contribution in [-0.2, 0) is 11.3 Å². The number of nitrogens with zero attached hydrogens (tertiary/aromatic N) is 1. The van der Waals surface area contributed by atoms with E-state index in [1.54, 1.807) is 0 Å². The van der Waals surface area contributed by atoms with E-state index >= 15 is 0 Å². The predicted octanol–water partition coefficient (Wildman–Crippen LogP) is 3.21. The quantitative estimate of drug-likeness (QED) is 0.904. The zero-order valence-corrected chi connectivity index (χ0v) is 11.4. The minimum Gasteiger partial charge on any atom is -0.354 e. The summed E-state index contributed by atoms with van der Waals surface area (Å²) < 4.78 is 2.07. The second-order valence-corrected chi connectivity index (χ2v) is 5.12. The summed E-state index contributed by atoms with van der Waals surface area (Å²) in [5.41, 5.74) is 1.11. The number of hydrogen-bond acceptors (Lipinski definition) is 1. The summed E-state index contributed by atoms with van der Waals surface area (Å²) in [5.74, 6) is 0.0841. The largest absolute Gasteiger partial charge is 0.354 e. The Labute approximate surface area is 112 Å². The van der Waals surface area contributed by atoms with Crippen molar-refractivity contribution in [2.45, 2.75) is 32.9 Å². The maximum Gasteiger partial charge on any atom is 0.221 e. The number of aryl methyl sites for hydroxylation is 1. The van der Waals surface area contributed by atoms with E-state index in [1.165, 1.54) is 0 Å². The van der Waals surface area contributed by atoms with Crippen LogP contribution in [0, 0.1) is 0 Å². The average Bonchev–Trinajstić information content (AvgIpc) is 2.67. The molecular formula is C14H17ClN2O.